The van der Waals surface area contributed by atoms with E-state index in [9.17, 15) is 9.59 Å². The predicted molar refractivity (Wildman–Crippen MR) is 97.2 cm³/mol. The van der Waals surface area contributed by atoms with Crippen molar-refractivity contribution < 1.29 is 4.79 Å². The van der Waals surface area contributed by atoms with E-state index in [-0.39, 0.29) is 22.5 Å². The summed E-state index contributed by atoms with van der Waals surface area (Å²) in [5, 5.41) is 4.27. The molecule has 126 valence electrons. The van der Waals surface area contributed by atoms with E-state index in [1.807, 2.05) is 24.3 Å². The number of aromatic nitrogens is 2. The van der Waals surface area contributed by atoms with E-state index in [4.69, 9.17) is 23.2 Å². The summed E-state index contributed by atoms with van der Waals surface area (Å²) in [6, 6.07) is 7.78. The maximum absolute atomic E-state index is 12.8. The van der Waals surface area contributed by atoms with Crippen molar-refractivity contribution in [3.8, 4) is 0 Å². The Bertz CT molecular complexity index is 840. The van der Waals surface area contributed by atoms with Crippen molar-refractivity contribution in [1.29, 1.82) is 0 Å². The standard InChI is InChI=1S/C16H15Cl2N3O2S/c1-10-6-7-20(12-4-2-3-5-13(12)24-10)14(22)9-21-16(23)15(18)11(17)8-19-21/h2-5,8,10H,6-7,9H2,1H3/t10-/m1/s1. The lowest BCUT2D eigenvalue weighted by atomic mass is 10.2. The monoisotopic (exact) mass is 383 g/mol. The molecule has 3 rings (SSSR count). The number of amides is 1. The first-order chi connectivity index (χ1) is 11.5. The number of rotatable bonds is 2. The molecule has 2 aromatic rings. The van der Waals surface area contributed by atoms with Crippen LogP contribution in [-0.2, 0) is 11.3 Å². The highest BCUT2D eigenvalue weighted by Crippen LogP contribution is 2.37. The number of hydrogen-bond donors (Lipinski definition) is 0. The number of carbonyl (C=O) groups excluding carboxylic acids is 1. The van der Waals surface area contributed by atoms with Gasteiger partial charge < -0.3 is 4.90 Å². The highest BCUT2D eigenvalue weighted by atomic mass is 35.5. The van der Waals surface area contributed by atoms with Crippen molar-refractivity contribution in [2.24, 2.45) is 0 Å². The van der Waals surface area contributed by atoms with Crippen LogP contribution in [0.5, 0.6) is 0 Å². The van der Waals surface area contributed by atoms with E-state index >= 15 is 0 Å². The van der Waals surface area contributed by atoms with Gasteiger partial charge in [-0.1, -0.05) is 42.3 Å². The number of hydrogen-bond acceptors (Lipinski definition) is 4. The van der Waals surface area contributed by atoms with Crippen molar-refractivity contribution >= 4 is 46.6 Å². The largest absolute Gasteiger partial charge is 0.310 e. The van der Waals surface area contributed by atoms with Crippen molar-refractivity contribution in [3.63, 3.8) is 0 Å². The van der Waals surface area contributed by atoms with Crippen LogP contribution in [0.25, 0.3) is 0 Å². The molecular weight excluding hydrogens is 369 g/mol. The van der Waals surface area contributed by atoms with E-state index < -0.39 is 5.56 Å². The zero-order valence-corrected chi connectivity index (χ0v) is 15.2. The van der Waals surface area contributed by atoms with E-state index in [1.165, 1.54) is 6.20 Å². The number of thioether (sulfide) groups is 1. The number of nitrogens with zero attached hydrogens (tertiary/aromatic N) is 3. The van der Waals surface area contributed by atoms with Crippen molar-refractivity contribution in [3.05, 3.63) is 50.9 Å². The highest BCUT2D eigenvalue weighted by Gasteiger charge is 2.25. The summed E-state index contributed by atoms with van der Waals surface area (Å²) in [7, 11) is 0. The van der Waals surface area contributed by atoms with Crippen LogP contribution >= 0.6 is 35.0 Å². The Morgan fingerprint density at radius 2 is 2.12 bits per heavy atom. The third-order valence-corrected chi connectivity index (χ3v) is 5.76. The third kappa shape index (κ3) is 3.45. The third-order valence-electron chi connectivity index (χ3n) is 3.77. The molecule has 0 saturated heterocycles. The van der Waals surface area contributed by atoms with Crippen LogP contribution in [0.1, 0.15) is 13.3 Å². The average Bonchev–Trinajstić information content (AvgIpc) is 2.73. The van der Waals surface area contributed by atoms with Crippen LogP contribution in [0.15, 0.2) is 40.2 Å². The van der Waals surface area contributed by atoms with Gasteiger partial charge in [-0.05, 0) is 18.6 Å². The molecule has 5 nitrogen and oxygen atoms in total. The van der Waals surface area contributed by atoms with E-state index in [2.05, 4.69) is 12.0 Å². The Morgan fingerprint density at radius 3 is 2.92 bits per heavy atom. The number of para-hydroxylation sites is 1. The molecule has 0 unspecified atom stereocenters. The number of anilines is 1. The zero-order chi connectivity index (χ0) is 17.3. The summed E-state index contributed by atoms with van der Waals surface area (Å²) in [6.45, 7) is 2.56. The molecule has 8 heteroatoms. The molecule has 0 saturated carbocycles. The Kier molecular flexibility index (Phi) is 5.18. The molecule has 1 aromatic carbocycles. The van der Waals surface area contributed by atoms with E-state index in [1.54, 1.807) is 16.7 Å². The Hall–Kier alpha value is -1.50. The van der Waals surface area contributed by atoms with Gasteiger partial charge in [0.15, 0.2) is 0 Å². The highest BCUT2D eigenvalue weighted by molar-refractivity contribution is 8.00. The van der Waals surface area contributed by atoms with Gasteiger partial charge in [-0.3, -0.25) is 9.59 Å². The molecule has 0 N–H and O–H groups in total. The van der Waals surface area contributed by atoms with Gasteiger partial charge in [0, 0.05) is 16.7 Å². The lowest BCUT2D eigenvalue weighted by molar-refractivity contribution is -0.119. The summed E-state index contributed by atoms with van der Waals surface area (Å²) in [5.74, 6) is -0.204. The van der Waals surface area contributed by atoms with E-state index in [0.717, 1.165) is 21.7 Å². The molecule has 1 aromatic heterocycles. The summed E-state index contributed by atoms with van der Waals surface area (Å²) < 4.78 is 1.04. The maximum atomic E-state index is 12.8. The van der Waals surface area contributed by atoms with E-state index in [0.29, 0.717) is 11.8 Å². The Balaban J connectivity index is 1.90. The summed E-state index contributed by atoms with van der Waals surface area (Å²) in [6.07, 6.45) is 2.14. The first-order valence-corrected chi connectivity index (χ1v) is 9.08. The molecule has 1 aliphatic rings. The topological polar surface area (TPSA) is 55.2 Å². The van der Waals surface area contributed by atoms with Crippen molar-refractivity contribution in [2.45, 2.75) is 30.0 Å². The van der Waals surface area contributed by atoms with Gasteiger partial charge in [-0.25, -0.2) is 4.68 Å². The number of halogens is 2. The molecule has 0 fully saturated rings. The lowest BCUT2D eigenvalue weighted by Gasteiger charge is -2.22. The minimum absolute atomic E-state index is 0.0794. The summed E-state index contributed by atoms with van der Waals surface area (Å²) in [4.78, 5) is 27.6. The Labute approximate surface area is 153 Å². The first-order valence-electron chi connectivity index (χ1n) is 7.44. The van der Waals surface area contributed by atoms with Crippen LogP contribution in [-0.4, -0.2) is 27.5 Å². The second-order valence-electron chi connectivity index (χ2n) is 5.50. The normalized spacial score (nSPS) is 17.3. The Morgan fingerprint density at radius 1 is 1.38 bits per heavy atom. The van der Waals surface area contributed by atoms with Crippen LogP contribution in [0.2, 0.25) is 10.0 Å². The second-order valence-corrected chi connectivity index (χ2v) is 7.76. The molecule has 1 aliphatic heterocycles. The predicted octanol–water partition coefficient (Wildman–Crippen LogP) is 3.47. The van der Waals surface area contributed by atoms with Gasteiger partial charge in [-0.15, -0.1) is 11.8 Å². The lowest BCUT2D eigenvalue weighted by Crippen LogP contribution is -2.38. The molecule has 2 heterocycles. The fourth-order valence-electron chi connectivity index (χ4n) is 2.52. The smallest absolute Gasteiger partial charge is 0.287 e. The van der Waals surface area contributed by atoms with Crippen molar-refractivity contribution in [2.75, 3.05) is 11.4 Å². The van der Waals surface area contributed by atoms with Crippen LogP contribution < -0.4 is 10.5 Å². The SMILES string of the molecule is C[C@@H]1CCN(C(=O)Cn2ncc(Cl)c(Cl)c2=O)c2ccccc2S1. The number of carbonyl (C=O) groups is 1. The van der Waals surface area contributed by atoms with Crippen molar-refractivity contribution in [1.82, 2.24) is 9.78 Å². The minimum atomic E-state index is -0.566. The molecule has 0 bridgehead atoms. The van der Waals surface area contributed by atoms with Crippen LogP contribution in [0.3, 0.4) is 0 Å². The first kappa shape index (κ1) is 17.3. The van der Waals surface area contributed by atoms with Gasteiger partial charge in [0.05, 0.1) is 16.9 Å². The maximum Gasteiger partial charge on any atom is 0.287 e. The van der Waals surface area contributed by atoms with Gasteiger partial charge in [0.2, 0.25) is 5.91 Å². The second kappa shape index (κ2) is 7.17. The fraction of sp³-hybridized carbons (Fsp3) is 0.312. The average molecular weight is 384 g/mol. The molecule has 24 heavy (non-hydrogen) atoms. The molecule has 0 aliphatic carbocycles. The summed E-state index contributed by atoms with van der Waals surface area (Å²) in [5.41, 5.74) is 0.299. The summed E-state index contributed by atoms with van der Waals surface area (Å²) >= 11 is 13.4. The minimum Gasteiger partial charge on any atom is -0.310 e. The van der Waals surface area contributed by atoms with Gasteiger partial charge in [-0.2, -0.15) is 5.10 Å². The quantitative estimate of drug-likeness (QED) is 0.796. The van der Waals surface area contributed by atoms with Gasteiger partial charge in [0.25, 0.3) is 5.56 Å². The number of benzene rings is 1. The molecule has 0 spiro atoms. The molecule has 1 amide bonds. The molecular formula is C16H15Cl2N3O2S. The molecule has 1 atom stereocenters. The van der Waals surface area contributed by atoms with Gasteiger partial charge >= 0.3 is 0 Å². The van der Waals surface area contributed by atoms with Gasteiger partial charge in [0.1, 0.15) is 11.6 Å². The van der Waals surface area contributed by atoms with Crippen LogP contribution in [0.4, 0.5) is 5.69 Å². The fourth-order valence-corrected chi connectivity index (χ4v) is 3.90. The zero-order valence-electron chi connectivity index (χ0n) is 12.9. The molecule has 0 radical (unpaired) electrons. The van der Waals surface area contributed by atoms with Crippen LogP contribution in [0, 0.1) is 0 Å². The number of fused-ring (bicyclic) bond motifs is 1.